The van der Waals surface area contributed by atoms with Gasteiger partial charge in [-0.25, -0.2) is 4.98 Å². The number of aryl methyl sites for hydroxylation is 1. The van der Waals surface area contributed by atoms with Gasteiger partial charge in [-0.05, 0) is 37.6 Å². The Morgan fingerprint density at radius 2 is 2.05 bits per heavy atom. The van der Waals surface area contributed by atoms with Crippen LogP contribution in [0.5, 0.6) is 5.75 Å². The number of benzene rings is 1. The first kappa shape index (κ1) is 16.2. The van der Waals surface area contributed by atoms with Gasteiger partial charge in [0.25, 0.3) is 0 Å². The average molecular weight is 316 g/mol. The Labute approximate surface area is 135 Å². The number of thiazole rings is 1. The summed E-state index contributed by atoms with van der Waals surface area (Å²) in [6.07, 6.45) is 3.32. The molecule has 22 heavy (non-hydrogen) atoms. The van der Waals surface area contributed by atoms with Crippen molar-refractivity contribution in [1.29, 1.82) is 0 Å². The molecule has 2 rings (SSSR count). The van der Waals surface area contributed by atoms with Gasteiger partial charge >= 0.3 is 0 Å². The van der Waals surface area contributed by atoms with Crippen LogP contribution in [0, 0.1) is 6.92 Å². The predicted octanol–water partition coefficient (Wildman–Crippen LogP) is 3.69. The van der Waals surface area contributed by atoms with Gasteiger partial charge in [-0.2, -0.15) is 0 Å². The van der Waals surface area contributed by atoms with Crippen LogP contribution < -0.4 is 4.74 Å². The molecule has 0 aliphatic rings. The fraction of sp³-hybridized carbons (Fsp3) is 0.294. The standard InChI is InChI=1S/C17H20N2O2S/c1-12(14-5-8-16(21-4)9-6-14)19(3)17(20)10-7-15-11-22-13(2)18-15/h5-12H,1-4H3/b10-7+. The lowest BCUT2D eigenvalue weighted by molar-refractivity contribution is -0.126. The minimum Gasteiger partial charge on any atom is -0.497 e. The van der Waals surface area contributed by atoms with Crippen molar-refractivity contribution in [3.63, 3.8) is 0 Å². The Hall–Kier alpha value is -2.14. The zero-order chi connectivity index (χ0) is 16.1. The average Bonchev–Trinajstić information content (AvgIpc) is 2.96. The number of carbonyl (C=O) groups excluding carboxylic acids is 1. The highest BCUT2D eigenvalue weighted by Gasteiger charge is 2.15. The Bertz CT molecular complexity index is 662. The molecule has 0 saturated carbocycles. The topological polar surface area (TPSA) is 42.4 Å². The Kier molecular flexibility index (Phi) is 5.33. The molecule has 2 aromatic rings. The molecule has 1 aromatic carbocycles. The monoisotopic (exact) mass is 316 g/mol. The van der Waals surface area contributed by atoms with Crippen LogP contribution in [0.4, 0.5) is 0 Å². The minimum absolute atomic E-state index is 0.0137. The molecule has 0 N–H and O–H groups in total. The van der Waals surface area contributed by atoms with E-state index in [9.17, 15) is 4.79 Å². The molecule has 1 aromatic heterocycles. The third kappa shape index (κ3) is 3.95. The van der Waals surface area contributed by atoms with Gasteiger partial charge in [-0.15, -0.1) is 11.3 Å². The Morgan fingerprint density at radius 3 is 2.59 bits per heavy atom. The smallest absolute Gasteiger partial charge is 0.246 e. The first-order valence-electron chi connectivity index (χ1n) is 7.02. The van der Waals surface area contributed by atoms with Gasteiger partial charge in [0, 0.05) is 18.5 Å². The van der Waals surface area contributed by atoms with Crippen LogP contribution in [0.15, 0.2) is 35.7 Å². The van der Waals surface area contributed by atoms with Gasteiger partial charge in [0.2, 0.25) is 5.91 Å². The van der Waals surface area contributed by atoms with Crippen molar-refractivity contribution in [2.75, 3.05) is 14.2 Å². The first-order valence-corrected chi connectivity index (χ1v) is 7.90. The van der Waals surface area contributed by atoms with E-state index in [0.717, 1.165) is 22.0 Å². The van der Waals surface area contributed by atoms with Gasteiger partial charge in [0.05, 0.1) is 23.9 Å². The maximum atomic E-state index is 12.3. The normalized spacial score (nSPS) is 12.4. The van der Waals surface area contributed by atoms with Crippen LogP contribution in [0.25, 0.3) is 6.08 Å². The predicted molar refractivity (Wildman–Crippen MR) is 90.1 cm³/mol. The van der Waals surface area contributed by atoms with E-state index in [1.165, 1.54) is 0 Å². The summed E-state index contributed by atoms with van der Waals surface area (Å²) in [5, 5.41) is 2.93. The number of carbonyl (C=O) groups is 1. The molecule has 0 aliphatic carbocycles. The van der Waals surface area contributed by atoms with E-state index in [-0.39, 0.29) is 11.9 Å². The van der Waals surface area contributed by atoms with Crippen molar-refractivity contribution in [3.8, 4) is 5.75 Å². The zero-order valence-electron chi connectivity index (χ0n) is 13.2. The fourth-order valence-electron chi connectivity index (χ4n) is 2.03. The second-order valence-electron chi connectivity index (χ2n) is 5.02. The van der Waals surface area contributed by atoms with Crippen LogP contribution >= 0.6 is 11.3 Å². The number of likely N-dealkylation sites (N-methyl/N-ethyl adjacent to an activating group) is 1. The summed E-state index contributed by atoms with van der Waals surface area (Å²) in [7, 11) is 3.44. The van der Waals surface area contributed by atoms with E-state index >= 15 is 0 Å². The van der Waals surface area contributed by atoms with Crippen molar-refractivity contribution in [2.24, 2.45) is 0 Å². The molecule has 0 spiro atoms. The molecule has 5 heteroatoms. The SMILES string of the molecule is COc1ccc(C(C)N(C)C(=O)/C=C/c2csc(C)n2)cc1. The lowest BCUT2D eigenvalue weighted by Gasteiger charge is -2.24. The highest BCUT2D eigenvalue weighted by Crippen LogP contribution is 2.22. The molecular weight excluding hydrogens is 296 g/mol. The Balaban J connectivity index is 2.03. The van der Waals surface area contributed by atoms with Crippen molar-refractivity contribution in [3.05, 3.63) is 52.0 Å². The summed E-state index contributed by atoms with van der Waals surface area (Å²) >= 11 is 1.57. The number of hydrogen-bond donors (Lipinski definition) is 0. The first-order chi connectivity index (χ1) is 10.5. The lowest BCUT2D eigenvalue weighted by Crippen LogP contribution is -2.27. The van der Waals surface area contributed by atoms with Crippen LogP contribution in [-0.2, 0) is 4.79 Å². The molecule has 0 fully saturated rings. The second-order valence-corrected chi connectivity index (χ2v) is 6.09. The van der Waals surface area contributed by atoms with E-state index in [1.54, 1.807) is 42.5 Å². The second kappa shape index (κ2) is 7.22. The molecule has 1 heterocycles. The number of methoxy groups -OCH3 is 1. The van der Waals surface area contributed by atoms with Crippen molar-refractivity contribution in [2.45, 2.75) is 19.9 Å². The number of ether oxygens (including phenoxy) is 1. The van der Waals surface area contributed by atoms with E-state index in [0.29, 0.717) is 0 Å². The van der Waals surface area contributed by atoms with E-state index < -0.39 is 0 Å². The van der Waals surface area contributed by atoms with E-state index in [2.05, 4.69) is 4.98 Å². The quantitative estimate of drug-likeness (QED) is 0.790. The van der Waals surface area contributed by atoms with Gasteiger partial charge in [0.1, 0.15) is 5.75 Å². The summed E-state index contributed by atoms with van der Waals surface area (Å²) in [5.74, 6) is 0.762. The number of amides is 1. The molecule has 116 valence electrons. The van der Waals surface area contributed by atoms with E-state index in [1.807, 2.05) is 43.5 Å². The molecule has 1 unspecified atom stereocenters. The van der Waals surface area contributed by atoms with Gasteiger partial charge in [0.15, 0.2) is 0 Å². The van der Waals surface area contributed by atoms with Gasteiger partial charge in [-0.1, -0.05) is 12.1 Å². The van der Waals surface area contributed by atoms with Crippen LogP contribution in [0.2, 0.25) is 0 Å². The van der Waals surface area contributed by atoms with Crippen LogP contribution in [0.1, 0.15) is 29.2 Å². The molecule has 0 bridgehead atoms. The molecule has 0 aliphatic heterocycles. The van der Waals surface area contributed by atoms with E-state index in [4.69, 9.17) is 4.74 Å². The molecule has 1 amide bonds. The van der Waals surface area contributed by atoms with Crippen molar-refractivity contribution >= 4 is 23.3 Å². The summed E-state index contributed by atoms with van der Waals surface area (Å²) in [4.78, 5) is 18.3. The summed E-state index contributed by atoms with van der Waals surface area (Å²) in [6.45, 7) is 3.95. The van der Waals surface area contributed by atoms with Crippen molar-refractivity contribution < 1.29 is 9.53 Å². The number of aromatic nitrogens is 1. The summed E-state index contributed by atoms with van der Waals surface area (Å²) < 4.78 is 5.15. The highest BCUT2D eigenvalue weighted by molar-refractivity contribution is 7.09. The molecular formula is C17H20N2O2S. The maximum absolute atomic E-state index is 12.3. The zero-order valence-corrected chi connectivity index (χ0v) is 14.1. The Morgan fingerprint density at radius 1 is 1.36 bits per heavy atom. The third-order valence-corrected chi connectivity index (χ3v) is 4.35. The molecule has 1 atom stereocenters. The number of hydrogen-bond acceptors (Lipinski definition) is 4. The minimum atomic E-state index is -0.0472. The molecule has 0 radical (unpaired) electrons. The fourth-order valence-corrected chi connectivity index (χ4v) is 2.61. The summed E-state index contributed by atoms with van der Waals surface area (Å²) in [5.41, 5.74) is 1.89. The van der Waals surface area contributed by atoms with Gasteiger partial charge < -0.3 is 9.64 Å². The largest absolute Gasteiger partial charge is 0.497 e. The van der Waals surface area contributed by atoms with Crippen LogP contribution in [-0.4, -0.2) is 29.9 Å². The van der Waals surface area contributed by atoms with Crippen LogP contribution in [0.3, 0.4) is 0 Å². The third-order valence-electron chi connectivity index (χ3n) is 3.56. The number of rotatable bonds is 5. The summed E-state index contributed by atoms with van der Waals surface area (Å²) in [6, 6.07) is 7.73. The highest BCUT2D eigenvalue weighted by atomic mass is 32.1. The maximum Gasteiger partial charge on any atom is 0.246 e. The molecule has 0 saturated heterocycles. The van der Waals surface area contributed by atoms with Gasteiger partial charge in [-0.3, -0.25) is 4.79 Å². The number of nitrogens with zero attached hydrogens (tertiary/aromatic N) is 2. The molecule has 4 nitrogen and oxygen atoms in total. The van der Waals surface area contributed by atoms with Crippen molar-refractivity contribution in [1.82, 2.24) is 9.88 Å². The lowest BCUT2D eigenvalue weighted by atomic mass is 10.1.